The monoisotopic (exact) mass is 403 g/mol. The lowest BCUT2D eigenvalue weighted by Crippen LogP contribution is -2.25. The van der Waals surface area contributed by atoms with Crippen LogP contribution >= 0.6 is 0 Å². The van der Waals surface area contributed by atoms with Crippen LogP contribution in [0.5, 0.6) is 17.2 Å². The minimum atomic E-state index is -0.612. The fraction of sp³-hybridized carbons (Fsp3) is 0.409. The molecule has 0 saturated carbocycles. The number of ether oxygens (including phenoxy) is 3. The van der Waals surface area contributed by atoms with E-state index in [1.807, 2.05) is 12.1 Å². The summed E-state index contributed by atoms with van der Waals surface area (Å²) in [7, 11) is 0. The molecule has 156 valence electrons. The molecule has 3 rings (SSSR count). The normalized spacial score (nSPS) is 16.1. The van der Waals surface area contributed by atoms with Gasteiger partial charge in [0, 0.05) is 6.07 Å². The fourth-order valence-corrected chi connectivity index (χ4v) is 2.98. The van der Waals surface area contributed by atoms with Crippen molar-refractivity contribution in [2.45, 2.75) is 39.2 Å². The molecular formula is C22H26FNO5. The number of rotatable bonds is 9. The van der Waals surface area contributed by atoms with Gasteiger partial charge in [-0.3, -0.25) is 4.90 Å². The highest BCUT2D eigenvalue weighted by atomic mass is 19.1. The number of aryl methyl sites for hydroxylation is 1. The van der Waals surface area contributed by atoms with Gasteiger partial charge in [0.05, 0.1) is 25.4 Å². The van der Waals surface area contributed by atoms with Crippen LogP contribution < -0.4 is 14.4 Å². The van der Waals surface area contributed by atoms with Gasteiger partial charge in [-0.25, -0.2) is 9.18 Å². The second-order valence-electron chi connectivity index (χ2n) is 6.85. The number of unbranched alkanes of at least 4 members (excludes halogenated alkanes) is 1. The van der Waals surface area contributed by atoms with Crippen molar-refractivity contribution in [1.82, 2.24) is 0 Å². The molecule has 0 bridgehead atoms. The summed E-state index contributed by atoms with van der Waals surface area (Å²) in [6.45, 7) is 4.59. The van der Waals surface area contributed by atoms with Gasteiger partial charge in [0.2, 0.25) is 0 Å². The van der Waals surface area contributed by atoms with E-state index in [1.54, 1.807) is 12.1 Å². The molecule has 29 heavy (non-hydrogen) atoms. The van der Waals surface area contributed by atoms with Gasteiger partial charge in [-0.1, -0.05) is 26.3 Å². The van der Waals surface area contributed by atoms with Crippen LogP contribution in [0.2, 0.25) is 0 Å². The third-order valence-electron chi connectivity index (χ3n) is 4.70. The molecule has 2 aromatic carbocycles. The van der Waals surface area contributed by atoms with E-state index in [0.29, 0.717) is 23.8 Å². The van der Waals surface area contributed by atoms with Crippen LogP contribution in [0.1, 0.15) is 32.3 Å². The van der Waals surface area contributed by atoms with Crippen LogP contribution in [0.3, 0.4) is 0 Å². The summed E-state index contributed by atoms with van der Waals surface area (Å²) in [6, 6.07) is 9.87. The maximum Gasteiger partial charge on any atom is 0.414 e. The number of anilines is 1. The van der Waals surface area contributed by atoms with E-state index in [0.717, 1.165) is 24.8 Å². The summed E-state index contributed by atoms with van der Waals surface area (Å²) in [4.78, 5) is 13.2. The van der Waals surface area contributed by atoms with Gasteiger partial charge in [-0.05, 0) is 42.7 Å². The Bertz CT molecular complexity index is 857. The van der Waals surface area contributed by atoms with Gasteiger partial charge in [-0.15, -0.1) is 0 Å². The first-order valence-corrected chi connectivity index (χ1v) is 9.87. The minimum absolute atomic E-state index is 0.0320. The highest BCUT2D eigenvalue weighted by Gasteiger charge is 2.32. The minimum Gasteiger partial charge on any atom is -0.490 e. The Balaban J connectivity index is 1.79. The maximum absolute atomic E-state index is 14.7. The lowest BCUT2D eigenvalue weighted by atomic mass is 10.1. The largest absolute Gasteiger partial charge is 0.490 e. The quantitative estimate of drug-likeness (QED) is 0.616. The number of nitrogens with zero attached hydrogens (tertiary/aromatic N) is 1. The summed E-state index contributed by atoms with van der Waals surface area (Å²) in [5, 5.41) is 9.14. The van der Waals surface area contributed by atoms with Crippen molar-refractivity contribution in [3.8, 4) is 17.2 Å². The molecule has 7 heteroatoms. The van der Waals surface area contributed by atoms with E-state index in [2.05, 4.69) is 13.8 Å². The average Bonchev–Trinajstić information content (AvgIpc) is 3.11. The van der Waals surface area contributed by atoms with Crippen molar-refractivity contribution in [2.24, 2.45) is 0 Å². The summed E-state index contributed by atoms with van der Waals surface area (Å²) in [6.07, 6.45) is 1.56. The molecule has 1 saturated heterocycles. The van der Waals surface area contributed by atoms with Gasteiger partial charge in [0.15, 0.2) is 23.1 Å². The molecule has 1 heterocycles. The molecule has 1 atom stereocenters. The Morgan fingerprint density at radius 2 is 1.97 bits per heavy atom. The molecule has 2 aromatic rings. The zero-order chi connectivity index (χ0) is 20.8. The van der Waals surface area contributed by atoms with E-state index in [4.69, 9.17) is 19.3 Å². The third kappa shape index (κ3) is 4.98. The molecule has 6 nitrogen and oxygen atoms in total. The second kappa shape index (κ2) is 9.60. The Kier molecular flexibility index (Phi) is 6.93. The van der Waals surface area contributed by atoms with Crippen molar-refractivity contribution < 1.29 is 28.5 Å². The molecule has 1 N–H and O–H groups in total. The van der Waals surface area contributed by atoms with Gasteiger partial charge < -0.3 is 19.3 Å². The smallest absolute Gasteiger partial charge is 0.414 e. The number of halogens is 1. The van der Waals surface area contributed by atoms with E-state index in [-0.39, 0.29) is 18.9 Å². The van der Waals surface area contributed by atoms with Crippen molar-refractivity contribution in [1.29, 1.82) is 0 Å². The maximum atomic E-state index is 14.7. The zero-order valence-electron chi connectivity index (χ0n) is 16.7. The van der Waals surface area contributed by atoms with Gasteiger partial charge in [-0.2, -0.15) is 0 Å². The zero-order valence-corrected chi connectivity index (χ0v) is 16.7. The van der Waals surface area contributed by atoms with E-state index >= 15 is 0 Å². The Morgan fingerprint density at radius 3 is 2.62 bits per heavy atom. The highest BCUT2D eigenvalue weighted by molar-refractivity contribution is 5.89. The molecule has 0 spiro atoms. The lowest BCUT2D eigenvalue weighted by Gasteiger charge is -2.16. The number of amides is 1. The number of hydrogen-bond donors (Lipinski definition) is 1. The van der Waals surface area contributed by atoms with Crippen LogP contribution in [0.15, 0.2) is 36.4 Å². The van der Waals surface area contributed by atoms with Crippen LogP contribution in [-0.4, -0.2) is 37.1 Å². The van der Waals surface area contributed by atoms with Gasteiger partial charge in [0.25, 0.3) is 0 Å². The number of benzene rings is 2. The number of hydrogen-bond acceptors (Lipinski definition) is 5. The number of aliphatic hydroxyl groups excluding tert-OH is 1. The van der Waals surface area contributed by atoms with Crippen molar-refractivity contribution in [3.05, 3.63) is 47.8 Å². The average molecular weight is 403 g/mol. The van der Waals surface area contributed by atoms with Gasteiger partial charge in [0.1, 0.15) is 6.10 Å². The van der Waals surface area contributed by atoms with E-state index < -0.39 is 18.0 Å². The van der Waals surface area contributed by atoms with Crippen LogP contribution in [-0.2, 0) is 11.2 Å². The standard InChI is InChI=1S/C22H26FNO5/c1-3-5-10-27-21-11-15(4-2)6-8-20(21)29-19-9-7-16(12-18(19)23)24-13-17(14-25)28-22(24)26/h6-9,11-12,17,25H,3-5,10,13-14H2,1-2H3. The van der Waals surface area contributed by atoms with Crippen LogP contribution in [0.25, 0.3) is 0 Å². The Hall–Kier alpha value is -2.80. The van der Waals surface area contributed by atoms with Crippen molar-refractivity contribution >= 4 is 11.8 Å². The Labute approximate surface area is 169 Å². The molecule has 0 aromatic heterocycles. The molecule has 1 aliphatic heterocycles. The first kappa shape index (κ1) is 20.9. The molecule has 1 unspecified atom stereocenters. The van der Waals surface area contributed by atoms with Crippen molar-refractivity contribution in [3.63, 3.8) is 0 Å². The molecule has 0 aliphatic carbocycles. The predicted octanol–water partition coefficient (Wildman–Crippen LogP) is 4.68. The summed E-state index contributed by atoms with van der Waals surface area (Å²) < 4.78 is 31.3. The molecule has 0 radical (unpaired) electrons. The molecule has 1 amide bonds. The third-order valence-corrected chi connectivity index (χ3v) is 4.70. The topological polar surface area (TPSA) is 68.2 Å². The number of carbonyl (C=O) groups excluding carboxylic acids is 1. The van der Waals surface area contributed by atoms with Crippen LogP contribution in [0.4, 0.5) is 14.9 Å². The highest BCUT2D eigenvalue weighted by Crippen LogP contribution is 2.35. The first-order chi connectivity index (χ1) is 14.0. The summed E-state index contributed by atoms with van der Waals surface area (Å²) in [5.74, 6) is 0.438. The number of aliphatic hydroxyl groups is 1. The lowest BCUT2D eigenvalue weighted by molar-refractivity contribution is 0.0963. The first-order valence-electron chi connectivity index (χ1n) is 9.87. The predicted molar refractivity (Wildman–Crippen MR) is 107 cm³/mol. The summed E-state index contributed by atoms with van der Waals surface area (Å²) in [5.41, 5.74) is 1.45. The van der Waals surface area contributed by atoms with Gasteiger partial charge >= 0.3 is 6.09 Å². The fourth-order valence-electron chi connectivity index (χ4n) is 2.98. The molecule has 1 fully saturated rings. The Morgan fingerprint density at radius 1 is 1.17 bits per heavy atom. The van der Waals surface area contributed by atoms with Crippen molar-refractivity contribution in [2.75, 3.05) is 24.7 Å². The van der Waals surface area contributed by atoms with E-state index in [9.17, 15) is 9.18 Å². The molecule has 1 aliphatic rings. The number of carbonyl (C=O) groups is 1. The molecular weight excluding hydrogens is 377 g/mol. The SMILES string of the molecule is CCCCOc1cc(CC)ccc1Oc1ccc(N2CC(CO)OC2=O)cc1F. The summed E-state index contributed by atoms with van der Waals surface area (Å²) >= 11 is 0. The second-order valence-corrected chi connectivity index (χ2v) is 6.85. The van der Waals surface area contributed by atoms with Crippen LogP contribution in [0, 0.1) is 5.82 Å². The van der Waals surface area contributed by atoms with E-state index in [1.165, 1.54) is 17.0 Å². The number of cyclic esters (lactones) is 1.